The van der Waals surface area contributed by atoms with Gasteiger partial charge in [0.2, 0.25) is 0 Å². The molecule has 0 amide bonds. The zero-order valence-corrected chi connectivity index (χ0v) is 24.7. The maximum absolute atomic E-state index is 16.9. The molecule has 9 nitrogen and oxygen atoms in total. The van der Waals surface area contributed by atoms with Crippen molar-refractivity contribution >= 4 is 27.5 Å². The molecule has 44 heavy (non-hydrogen) atoms. The molecule has 2 atom stereocenters. The Bertz CT molecular complexity index is 1850. The van der Waals surface area contributed by atoms with E-state index in [0.717, 1.165) is 61.2 Å². The topological polar surface area (TPSA) is 96.0 Å². The number of halogens is 1. The molecule has 4 fully saturated rings. The van der Waals surface area contributed by atoms with E-state index in [0.29, 0.717) is 35.1 Å². The van der Waals surface area contributed by atoms with E-state index < -0.39 is 5.82 Å². The van der Waals surface area contributed by atoms with Crippen LogP contribution in [-0.4, -0.2) is 73.6 Å². The lowest BCUT2D eigenvalue weighted by atomic mass is 9.95. The van der Waals surface area contributed by atoms with E-state index in [1.54, 1.807) is 12.4 Å². The largest absolute Gasteiger partial charge is 0.461 e. The lowest BCUT2D eigenvalue weighted by Gasteiger charge is -2.34. The van der Waals surface area contributed by atoms with Crippen LogP contribution in [0.4, 0.5) is 10.2 Å². The molecule has 4 aliphatic rings. The first-order chi connectivity index (χ1) is 21.6. The first-order valence-corrected chi connectivity index (χ1v) is 16.0. The van der Waals surface area contributed by atoms with Gasteiger partial charge in [0.05, 0.1) is 17.1 Å². The Balaban J connectivity index is 1.19. The van der Waals surface area contributed by atoms with E-state index in [9.17, 15) is 0 Å². The van der Waals surface area contributed by atoms with E-state index in [1.165, 1.54) is 32.1 Å². The number of hydrogen-bond donors (Lipinski definition) is 1. The molecule has 3 aliphatic heterocycles. The molecule has 5 aromatic rings. The second kappa shape index (κ2) is 10.2. The summed E-state index contributed by atoms with van der Waals surface area (Å²) < 4.78 is 23.4. The predicted octanol–water partition coefficient (Wildman–Crippen LogP) is 6.01. The van der Waals surface area contributed by atoms with Crippen molar-refractivity contribution in [1.29, 1.82) is 0 Å². The average Bonchev–Trinajstić information content (AvgIpc) is 3.85. The highest BCUT2D eigenvalue weighted by atomic mass is 19.1. The monoisotopic (exact) mass is 590 g/mol. The quantitative estimate of drug-likeness (QED) is 0.257. The second-order valence-electron chi connectivity index (χ2n) is 13.2. The van der Waals surface area contributed by atoms with E-state index in [4.69, 9.17) is 19.7 Å². The summed E-state index contributed by atoms with van der Waals surface area (Å²) in [6, 6.07) is 12.1. The maximum atomic E-state index is 16.9. The number of nitrogens with one attached hydrogen (secondary N) is 1. The Morgan fingerprint density at radius 2 is 1.73 bits per heavy atom. The summed E-state index contributed by atoms with van der Waals surface area (Å²) in [6.07, 6.45) is 11.8. The van der Waals surface area contributed by atoms with Gasteiger partial charge in [0, 0.05) is 35.8 Å². The van der Waals surface area contributed by atoms with Crippen LogP contribution < -0.4 is 9.64 Å². The molecule has 2 aromatic carbocycles. The minimum atomic E-state index is -0.458. The molecule has 224 valence electrons. The van der Waals surface area contributed by atoms with Crippen LogP contribution in [0.5, 0.6) is 6.01 Å². The zero-order chi connectivity index (χ0) is 29.3. The Morgan fingerprint density at radius 1 is 0.955 bits per heavy atom. The number of anilines is 1. The number of aromatic amines is 1. The lowest BCUT2D eigenvalue weighted by molar-refractivity contribution is 0.108. The fourth-order valence-electron chi connectivity index (χ4n) is 8.64. The molecule has 3 aromatic heterocycles. The molecular weight excluding hydrogens is 555 g/mol. The van der Waals surface area contributed by atoms with Gasteiger partial charge in [-0.2, -0.15) is 25.4 Å². The molecule has 10 heteroatoms. The van der Waals surface area contributed by atoms with Gasteiger partial charge in [0.15, 0.2) is 5.82 Å². The highest BCUT2D eigenvalue weighted by Gasteiger charge is 2.45. The van der Waals surface area contributed by atoms with Crippen LogP contribution in [0.1, 0.15) is 44.9 Å². The van der Waals surface area contributed by atoms with Crippen LogP contribution in [0.25, 0.3) is 44.2 Å². The number of nitrogens with zero attached hydrogens (tertiary/aromatic N) is 7. The Hall–Kier alpha value is -4.18. The maximum Gasteiger partial charge on any atom is 0.319 e. The van der Waals surface area contributed by atoms with E-state index in [1.807, 2.05) is 36.4 Å². The van der Waals surface area contributed by atoms with Gasteiger partial charge in [-0.1, -0.05) is 36.4 Å². The summed E-state index contributed by atoms with van der Waals surface area (Å²) in [5.41, 5.74) is 2.80. The van der Waals surface area contributed by atoms with Crippen molar-refractivity contribution in [1.82, 2.24) is 35.3 Å². The van der Waals surface area contributed by atoms with Crippen molar-refractivity contribution in [2.45, 2.75) is 50.5 Å². The highest BCUT2D eigenvalue weighted by molar-refractivity contribution is 6.06. The standard InChI is InChI=1S/C34H35FN8O/c35-29-30(25-8-2-6-23-5-1-7-24(28(23)25)27-17-37-41-40-27)36-16-26-31(29)38-33(44-20-34-11-3-13-43(34)14-4-12-34)39-32(26)42-18-21-9-10-22(15-21)19-42/h1-2,5-8,16-17,21-22H,3-4,9-15,18-20H2,(H,37,40,41). The van der Waals surface area contributed by atoms with Crippen molar-refractivity contribution in [3.63, 3.8) is 0 Å². The zero-order valence-electron chi connectivity index (χ0n) is 24.7. The molecule has 0 spiro atoms. The summed E-state index contributed by atoms with van der Waals surface area (Å²) in [4.78, 5) is 19.4. The van der Waals surface area contributed by atoms with Gasteiger partial charge < -0.3 is 9.64 Å². The van der Waals surface area contributed by atoms with Gasteiger partial charge in [0.1, 0.15) is 29.3 Å². The SMILES string of the molecule is Fc1c(-c2cccc3cccc(-c4cn[nH]n4)c23)ncc2c(N3CC4CCC(C4)C3)nc(OCC34CCCN3CCC4)nc12. The first-order valence-electron chi connectivity index (χ1n) is 16.0. The number of rotatable bonds is 6. The number of ether oxygens (including phenoxy) is 1. The molecule has 2 bridgehead atoms. The molecule has 2 unspecified atom stereocenters. The van der Waals surface area contributed by atoms with Gasteiger partial charge >= 0.3 is 6.01 Å². The van der Waals surface area contributed by atoms with Gasteiger partial charge in [0.25, 0.3) is 0 Å². The van der Waals surface area contributed by atoms with Crippen molar-refractivity contribution < 1.29 is 9.13 Å². The Morgan fingerprint density at radius 3 is 2.48 bits per heavy atom. The number of fused-ring (bicyclic) bond motifs is 5. The number of aromatic nitrogens is 6. The average molecular weight is 591 g/mol. The van der Waals surface area contributed by atoms with Crippen molar-refractivity contribution in [3.05, 3.63) is 54.6 Å². The van der Waals surface area contributed by atoms with E-state index >= 15 is 4.39 Å². The van der Waals surface area contributed by atoms with Gasteiger partial charge in [-0.25, -0.2) is 4.39 Å². The third-order valence-electron chi connectivity index (χ3n) is 10.7. The molecule has 0 radical (unpaired) electrons. The number of pyridine rings is 1. The lowest BCUT2D eigenvalue weighted by Crippen LogP contribution is -2.43. The smallest absolute Gasteiger partial charge is 0.319 e. The summed E-state index contributed by atoms with van der Waals surface area (Å²) in [6.45, 7) is 4.62. The summed E-state index contributed by atoms with van der Waals surface area (Å²) in [5.74, 6) is 1.58. The molecule has 9 rings (SSSR count). The third kappa shape index (κ3) is 4.17. The summed E-state index contributed by atoms with van der Waals surface area (Å²) in [5, 5.41) is 13.5. The second-order valence-corrected chi connectivity index (χ2v) is 13.2. The number of benzene rings is 2. The van der Waals surface area contributed by atoms with Crippen molar-refractivity contribution in [2.24, 2.45) is 11.8 Å². The minimum Gasteiger partial charge on any atom is -0.461 e. The van der Waals surface area contributed by atoms with Crippen LogP contribution in [0.15, 0.2) is 48.8 Å². The van der Waals surface area contributed by atoms with E-state index in [-0.39, 0.29) is 22.8 Å². The molecule has 1 saturated carbocycles. The summed E-state index contributed by atoms with van der Waals surface area (Å²) >= 11 is 0. The molecule has 1 aliphatic carbocycles. The highest BCUT2D eigenvalue weighted by Crippen LogP contribution is 2.43. The van der Waals surface area contributed by atoms with Crippen LogP contribution in [0.3, 0.4) is 0 Å². The van der Waals surface area contributed by atoms with Gasteiger partial charge in [-0.3, -0.25) is 9.88 Å². The minimum absolute atomic E-state index is 0.0468. The first kappa shape index (κ1) is 26.2. The third-order valence-corrected chi connectivity index (χ3v) is 10.7. The van der Waals surface area contributed by atoms with Crippen molar-refractivity contribution in [2.75, 3.05) is 37.7 Å². The fraction of sp³-hybridized carbons (Fsp3) is 0.441. The Kier molecular flexibility index (Phi) is 6.08. The van der Waals surface area contributed by atoms with Crippen LogP contribution in [0.2, 0.25) is 0 Å². The number of piperidine rings is 1. The van der Waals surface area contributed by atoms with Crippen molar-refractivity contribution in [3.8, 4) is 28.5 Å². The molecule has 3 saturated heterocycles. The number of hydrogen-bond acceptors (Lipinski definition) is 8. The normalized spacial score (nSPS) is 22.7. The molecule has 1 N–H and O–H groups in total. The van der Waals surface area contributed by atoms with Gasteiger partial charge in [-0.05, 0) is 75.3 Å². The summed E-state index contributed by atoms with van der Waals surface area (Å²) in [7, 11) is 0. The van der Waals surface area contributed by atoms with Crippen LogP contribution in [-0.2, 0) is 0 Å². The van der Waals surface area contributed by atoms with Crippen LogP contribution >= 0.6 is 0 Å². The predicted molar refractivity (Wildman–Crippen MR) is 167 cm³/mol. The molecule has 6 heterocycles. The fourth-order valence-corrected chi connectivity index (χ4v) is 8.64. The molecular formula is C34H35FN8O. The van der Waals surface area contributed by atoms with Gasteiger partial charge in [-0.15, -0.1) is 0 Å². The van der Waals surface area contributed by atoms with E-state index in [2.05, 4.69) is 25.2 Å². The van der Waals surface area contributed by atoms with Crippen LogP contribution in [0, 0.1) is 17.7 Å². The number of H-pyrrole nitrogens is 1. The Labute approximate surface area is 254 Å².